The first-order valence-electron chi connectivity index (χ1n) is 7.48. The van der Waals surface area contributed by atoms with Crippen LogP contribution in [0.3, 0.4) is 0 Å². The van der Waals surface area contributed by atoms with Crippen molar-refractivity contribution < 1.29 is 23.1 Å². The van der Waals surface area contributed by atoms with Crippen molar-refractivity contribution in [2.45, 2.75) is 38.0 Å². The molecule has 1 heterocycles. The molecule has 0 spiro atoms. The minimum absolute atomic E-state index is 0.0638. The Hall–Kier alpha value is -0.820. The maximum Gasteiger partial charge on any atom is 0.393 e. The Bertz CT molecular complexity index is 372. The molecule has 1 aliphatic carbocycles. The number of rotatable bonds is 5. The Morgan fingerprint density at radius 3 is 2.62 bits per heavy atom. The summed E-state index contributed by atoms with van der Waals surface area (Å²) in [4.78, 5) is 15.1. The Kier molecular flexibility index (Phi) is 5.14. The molecule has 122 valence electrons. The summed E-state index contributed by atoms with van der Waals surface area (Å²) in [5.41, 5.74) is 0. The lowest BCUT2D eigenvalue weighted by atomic mass is 9.97. The van der Waals surface area contributed by atoms with Gasteiger partial charge in [-0.25, -0.2) is 0 Å². The highest BCUT2D eigenvalue weighted by atomic mass is 19.4. The van der Waals surface area contributed by atoms with E-state index in [9.17, 15) is 23.1 Å². The van der Waals surface area contributed by atoms with Crippen molar-refractivity contribution in [2.24, 2.45) is 11.8 Å². The number of alkyl halides is 3. The van der Waals surface area contributed by atoms with E-state index in [1.165, 1.54) is 4.90 Å². The molecule has 4 nitrogen and oxygen atoms in total. The van der Waals surface area contributed by atoms with Crippen LogP contribution < -0.4 is 0 Å². The molecule has 21 heavy (non-hydrogen) atoms. The normalized spacial score (nSPS) is 25.2. The topological polar surface area (TPSA) is 43.8 Å². The van der Waals surface area contributed by atoms with Gasteiger partial charge in [-0.3, -0.25) is 9.69 Å². The first-order chi connectivity index (χ1) is 9.77. The number of likely N-dealkylation sites (N-methyl/N-ethyl adjacent to an activating group) is 1. The quantitative estimate of drug-likeness (QED) is 0.837. The number of aliphatic hydroxyl groups is 1. The molecule has 2 aliphatic rings. The number of aliphatic hydroxyl groups excluding tert-OH is 1. The highest BCUT2D eigenvalue weighted by Gasteiger charge is 2.42. The van der Waals surface area contributed by atoms with Crippen molar-refractivity contribution in [3.05, 3.63) is 0 Å². The van der Waals surface area contributed by atoms with Crippen molar-refractivity contribution in [1.82, 2.24) is 9.80 Å². The van der Waals surface area contributed by atoms with E-state index in [2.05, 4.69) is 0 Å². The molecule has 1 saturated heterocycles. The molecular weight excluding hydrogens is 285 g/mol. The van der Waals surface area contributed by atoms with Crippen LogP contribution >= 0.6 is 0 Å². The lowest BCUT2D eigenvalue weighted by molar-refractivity contribution is -0.188. The Morgan fingerprint density at radius 2 is 2.05 bits per heavy atom. The van der Waals surface area contributed by atoms with Crippen LogP contribution in [0.25, 0.3) is 0 Å². The van der Waals surface area contributed by atoms with Crippen molar-refractivity contribution in [1.29, 1.82) is 0 Å². The summed E-state index contributed by atoms with van der Waals surface area (Å²) in [6.07, 6.45) is -2.14. The predicted molar refractivity (Wildman–Crippen MR) is 71.6 cm³/mol. The van der Waals surface area contributed by atoms with Crippen LogP contribution in [0, 0.1) is 11.8 Å². The van der Waals surface area contributed by atoms with E-state index in [4.69, 9.17) is 0 Å². The molecule has 0 aromatic rings. The van der Waals surface area contributed by atoms with E-state index in [1.54, 1.807) is 11.9 Å². The van der Waals surface area contributed by atoms with E-state index in [0.29, 0.717) is 25.4 Å². The van der Waals surface area contributed by atoms with Gasteiger partial charge in [0.05, 0.1) is 18.6 Å². The fourth-order valence-corrected chi connectivity index (χ4v) is 2.82. The van der Waals surface area contributed by atoms with Crippen LogP contribution in [0.2, 0.25) is 0 Å². The highest BCUT2D eigenvalue weighted by Crippen LogP contribution is 2.34. The standard InChI is InChI=1S/C14H23F3N2O2/c1-18(8-12(20)10-4-5-10)9-13(21)19-6-2-3-11(7-19)14(15,16)17/h10-12,20H,2-9H2,1H3. The van der Waals surface area contributed by atoms with E-state index >= 15 is 0 Å². The Balaban J connectivity index is 1.79. The molecule has 2 atom stereocenters. The molecule has 1 amide bonds. The van der Waals surface area contributed by atoms with Gasteiger partial charge in [0.25, 0.3) is 0 Å². The number of carbonyl (C=O) groups excluding carboxylic acids is 1. The van der Waals surface area contributed by atoms with Crippen LogP contribution in [0.5, 0.6) is 0 Å². The van der Waals surface area contributed by atoms with Gasteiger partial charge in [0.2, 0.25) is 5.91 Å². The summed E-state index contributed by atoms with van der Waals surface area (Å²) >= 11 is 0. The van der Waals surface area contributed by atoms with E-state index in [-0.39, 0.29) is 25.4 Å². The van der Waals surface area contributed by atoms with Gasteiger partial charge in [-0.2, -0.15) is 13.2 Å². The van der Waals surface area contributed by atoms with Gasteiger partial charge in [-0.1, -0.05) is 0 Å². The average Bonchev–Trinajstić information content (AvgIpc) is 3.21. The van der Waals surface area contributed by atoms with Gasteiger partial charge in [-0.15, -0.1) is 0 Å². The SMILES string of the molecule is CN(CC(=O)N1CCCC(C(F)(F)F)C1)CC(O)C1CC1. The van der Waals surface area contributed by atoms with Crippen LogP contribution in [-0.2, 0) is 4.79 Å². The third kappa shape index (κ3) is 4.85. The first kappa shape index (κ1) is 16.5. The monoisotopic (exact) mass is 308 g/mol. The van der Waals surface area contributed by atoms with E-state index in [0.717, 1.165) is 12.8 Å². The second kappa shape index (κ2) is 6.52. The fourth-order valence-electron chi connectivity index (χ4n) is 2.82. The van der Waals surface area contributed by atoms with Gasteiger partial charge in [0.15, 0.2) is 0 Å². The zero-order chi connectivity index (χ0) is 15.6. The summed E-state index contributed by atoms with van der Waals surface area (Å²) in [6.45, 7) is 0.618. The van der Waals surface area contributed by atoms with Crippen LogP contribution in [0.1, 0.15) is 25.7 Å². The largest absolute Gasteiger partial charge is 0.393 e. The Morgan fingerprint density at radius 1 is 1.38 bits per heavy atom. The Labute approximate surface area is 122 Å². The molecule has 2 unspecified atom stereocenters. The minimum Gasteiger partial charge on any atom is -0.392 e. The highest BCUT2D eigenvalue weighted by molar-refractivity contribution is 5.78. The lowest BCUT2D eigenvalue weighted by Gasteiger charge is -2.34. The molecule has 1 N–H and O–H groups in total. The molecule has 1 aliphatic heterocycles. The number of nitrogens with zero attached hydrogens (tertiary/aromatic N) is 2. The van der Waals surface area contributed by atoms with Gasteiger partial charge < -0.3 is 10.0 Å². The maximum atomic E-state index is 12.7. The summed E-state index contributed by atoms with van der Waals surface area (Å²) in [6, 6.07) is 0. The molecule has 2 rings (SSSR count). The number of amides is 1. The summed E-state index contributed by atoms with van der Waals surface area (Å²) < 4.78 is 38.2. The summed E-state index contributed by atoms with van der Waals surface area (Å²) in [5, 5.41) is 9.82. The molecular formula is C14H23F3N2O2. The summed E-state index contributed by atoms with van der Waals surface area (Å²) in [7, 11) is 1.72. The second-order valence-corrected chi connectivity index (χ2v) is 6.32. The number of halogens is 3. The van der Waals surface area contributed by atoms with Gasteiger partial charge >= 0.3 is 6.18 Å². The number of hydrogen-bond donors (Lipinski definition) is 1. The molecule has 2 fully saturated rings. The first-order valence-corrected chi connectivity index (χ1v) is 7.48. The molecule has 1 saturated carbocycles. The second-order valence-electron chi connectivity index (χ2n) is 6.32. The molecule has 0 aromatic heterocycles. The minimum atomic E-state index is -4.23. The summed E-state index contributed by atoms with van der Waals surface area (Å²) in [5.74, 6) is -1.36. The van der Waals surface area contributed by atoms with Gasteiger partial charge in [-0.05, 0) is 38.6 Å². The van der Waals surface area contributed by atoms with Crippen LogP contribution in [0.4, 0.5) is 13.2 Å². The van der Waals surface area contributed by atoms with Gasteiger partial charge in [0.1, 0.15) is 0 Å². The van der Waals surface area contributed by atoms with Crippen molar-refractivity contribution in [3.8, 4) is 0 Å². The van der Waals surface area contributed by atoms with Crippen LogP contribution in [-0.4, -0.2) is 66.3 Å². The lowest BCUT2D eigenvalue weighted by Crippen LogP contribution is -2.48. The molecule has 0 bridgehead atoms. The molecule has 7 heteroatoms. The third-order valence-electron chi connectivity index (χ3n) is 4.31. The molecule has 0 radical (unpaired) electrons. The zero-order valence-corrected chi connectivity index (χ0v) is 12.3. The number of likely N-dealkylation sites (tertiary alicyclic amines) is 1. The number of hydrogen-bond acceptors (Lipinski definition) is 3. The van der Waals surface area contributed by atoms with Crippen molar-refractivity contribution in [3.63, 3.8) is 0 Å². The average molecular weight is 308 g/mol. The van der Waals surface area contributed by atoms with Crippen LogP contribution in [0.15, 0.2) is 0 Å². The van der Waals surface area contributed by atoms with Gasteiger partial charge in [0, 0.05) is 19.6 Å². The number of carbonyl (C=O) groups is 1. The maximum absolute atomic E-state index is 12.7. The van der Waals surface area contributed by atoms with Crippen molar-refractivity contribution >= 4 is 5.91 Å². The number of piperidine rings is 1. The van der Waals surface area contributed by atoms with Crippen molar-refractivity contribution in [2.75, 3.05) is 33.2 Å². The van der Waals surface area contributed by atoms with E-state index < -0.39 is 18.2 Å². The smallest absolute Gasteiger partial charge is 0.392 e. The zero-order valence-electron chi connectivity index (χ0n) is 12.3. The predicted octanol–water partition coefficient (Wildman–Crippen LogP) is 1.49. The molecule has 0 aromatic carbocycles. The van der Waals surface area contributed by atoms with E-state index in [1.807, 2.05) is 0 Å². The fraction of sp³-hybridized carbons (Fsp3) is 0.929. The third-order valence-corrected chi connectivity index (χ3v) is 4.31.